The highest BCUT2D eigenvalue weighted by Gasteiger charge is 2.45. The van der Waals surface area contributed by atoms with Gasteiger partial charge in [0.1, 0.15) is 5.76 Å². The third-order valence-electron chi connectivity index (χ3n) is 6.28. The molecule has 6 nitrogen and oxygen atoms in total. The van der Waals surface area contributed by atoms with Crippen molar-refractivity contribution < 1.29 is 14.4 Å². The Morgan fingerprint density at radius 2 is 2.00 bits per heavy atom. The predicted molar refractivity (Wildman–Crippen MR) is 93.2 cm³/mol. The molecule has 4 rings (SSSR count). The fourth-order valence-electron chi connectivity index (χ4n) is 4.98. The Labute approximate surface area is 149 Å². The summed E-state index contributed by atoms with van der Waals surface area (Å²) in [5, 5.41) is 14.6. The van der Waals surface area contributed by atoms with Crippen LogP contribution in [-0.2, 0) is 6.42 Å². The molecule has 0 bridgehead atoms. The second-order valence-corrected chi connectivity index (χ2v) is 8.01. The number of hydrogen-bond acceptors (Lipinski definition) is 5. The van der Waals surface area contributed by atoms with Crippen molar-refractivity contribution in [3.8, 4) is 0 Å². The Morgan fingerprint density at radius 3 is 2.72 bits per heavy atom. The highest BCUT2D eigenvalue weighted by atomic mass is 16.5. The van der Waals surface area contributed by atoms with Crippen molar-refractivity contribution in [3.05, 3.63) is 17.5 Å². The Kier molecular flexibility index (Phi) is 4.82. The lowest BCUT2D eigenvalue weighted by atomic mass is 9.77. The molecule has 1 amide bonds. The van der Waals surface area contributed by atoms with Crippen molar-refractivity contribution in [2.24, 2.45) is 11.8 Å². The summed E-state index contributed by atoms with van der Waals surface area (Å²) >= 11 is 0. The topological polar surface area (TPSA) is 69.8 Å². The molecule has 0 spiro atoms. The summed E-state index contributed by atoms with van der Waals surface area (Å²) in [6, 6.07) is 2.07. The van der Waals surface area contributed by atoms with E-state index in [-0.39, 0.29) is 18.1 Å². The zero-order valence-corrected chi connectivity index (χ0v) is 15.1. The van der Waals surface area contributed by atoms with Crippen LogP contribution in [0.1, 0.15) is 55.3 Å². The van der Waals surface area contributed by atoms with Crippen LogP contribution in [0.4, 0.5) is 0 Å². The quantitative estimate of drug-likeness (QED) is 0.901. The van der Waals surface area contributed by atoms with E-state index in [2.05, 4.69) is 17.0 Å². The third kappa shape index (κ3) is 3.34. The Hall–Kier alpha value is -1.40. The number of likely N-dealkylation sites (tertiary alicyclic amines) is 2. The average Bonchev–Trinajstić information content (AvgIpc) is 3.33. The van der Waals surface area contributed by atoms with Gasteiger partial charge in [-0.3, -0.25) is 9.69 Å². The fourth-order valence-corrected chi connectivity index (χ4v) is 4.98. The highest BCUT2D eigenvalue weighted by Crippen LogP contribution is 2.39. The third-order valence-corrected chi connectivity index (χ3v) is 6.28. The zero-order chi connectivity index (χ0) is 17.4. The summed E-state index contributed by atoms with van der Waals surface area (Å²) in [4.78, 5) is 17.1. The van der Waals surface area contributed by atoms with Crippen LogP contribution in [0, 0.1) is 11.8 Å². The van der Waals surface area contributed by atoms with Crippen LogP contribution in [0.2, 0.25) is 0 Å². The number of fused-ring (bicyclic) bond motifs is 1. The van der Waals surface area contributed by atoms with Gasteiger partial charge >= 0.3 is 0 Å². The number of hydrogen-bond donors (Lipinski definition) is 1. The van der Waals surface area contributed by atoms with Gasteiger partial charge in [0.25, 0.3) is 5.91 Å². The first-order valence-electron chi connectivity index (χ1n) is 9.82. The second kappa shape index (κ2) is 7.08. The number of amides is 1. The monoisotopic (exact) mass is 347 g/mol. The maximum Gasteiger partial charge on any atom is 0.276 e. The molecule has 3 fully saturated rings. The number of rotatable bonds is 4. The Morgan fingerprint density at radius 1 is 1.28 bits per heavy atom. The van der Waals surface area contributed by atoms with E-state index in [0.29, 0.717) is 17.5 Å². The molecule has 1 aromatic heterocycles. The molecule has 3 heterocycles. The van der Waals surface area contributed by atoms with Crippen molar-refractivity contribution >= 4 is 5.91 Å². The van der Waals surface area contributed by atoms with E-state index in [0.717, 1.165) is 57.6 Å². The van der Waals surface area contributed by atoms with E-state index in [1.807, 2.05) is 4.90 Å². The van der Waals surface area contributed by atoms with E-state index in [9.17, 15) is 9.90 Å². The molecule has 138 valence electrons. The molecule has 4 atom stereocenters. The number of aryl methyl sites for hydroxylation is 1. The maximum atomic E-state index is 12.8. The van der Waals surface area contributed by atoms with Crippen molar-refractivity contribution in [2.45, 2.75) is 57.6 Å². The number of nitrogens with zero attached hydrogens (tertiary/aromatic N) is 3. The van der Waals surface area contributed by atoms with Gasteiger partial charge in [0, 0.05) is 31.6 Å². The van der Waals surface area contributed by atoms with Crippen molar-refractivity contribution in [1.82, 2.24) is 15.0 Å². The molecule has 0 radical (unpaired) electrons. The summed E-state index contributed by atoms with van der Waals surface area (Å²) in [5.74, 6) is 1.68. The van der Waals surface area contributed by atoms with Gasteiger partial charge in [-0.15, -0.1) is 0 Å². The lowest BCUT2D eigenvalue weighted by Crippen LogP contribution is -2.48. The summed E-state index contributed by atoms with van der Waals surface area (Å²) < 4.78 is 5.26. The first-order valence-corrected chi connectivity index (χ1v) is 9.82. The van der Waals surface area contributed by atoms with Gasteiger partial charge in [-0.05, 0) is 57.0 Å². The summed E-state index contributed by atoms with van der Waals surface area (Å²) in [6.07, 6.45) is 5.85. The van der Waals surface area contributed by atoms with Crippen LogP contribution >= 0.6 is 0 Å². The van der Waals surface area contributed by atoms with E-state index in [1.165, 1.54) is 12.8 Å². The van der Waals surface area contributed by atoms with Gasteiger partial charge in [-0.1, -0.05) is 12.1 Å². The van der Waals surface area contributed by atoms with Gasteiger partial charge in [0.15, 0.2) is 5.69 Å². The molecular formula is C19H29N3O3. The molecular weight excluding hydrogens is 318 g/mol. The van der Waals surface area contributed by atoms with E-state index < -0.39 is 0 Å². The Bertz CT molecular complexity index is 611. The maximum absolute atomic E-state index is 12.8. The highest BCUT2D eigenvalue weighted by molar-refractivity contribution is 5.92. The van der Waals surface area contributed by atoms with E-state index >= 15 is 0 Å². The smallest absolute Gasteiger partial charge is 0.276 e. The number of carbonyl (C=O) groups excluding carboxylic acids is 1. The molecule has 6 heteroatoms. The van der Waals surface area contributed by atoms with Crippen LogP contribution < -0.4 is 0 Å². The van der Waals surface area contributed by atoms with Gasteiger partial charge in [-0.2, -0.15) is 0 Å². The van der Waals surface area contributed by atoms with E-state index in [1.54, 1.807) is 6.07 Å². The lowest BCUT2D eigenvalue weighted by Gasteiger charge is -2.40. The van der Waals surface area contributed by atoms with Crippen LogP contribution in [0.25, 0.3) is 0 Å². The molecule has 2 aliphatic heterocycles. The number of aromatic nitrogens is 1. The molecule has 25 heavy (non-hydrogen) atoms. The molecule has 3 aliphatic rings. The molecule has 1 aromatic rings. The molecule has 0 aromatic carbocycles. The summed E-state index contributed by atoms with van der Waals surface area (Å²) in [7, 11) is 0. The van der Waals surface area contributed by atoms with E-state index in [4.69, 9.17) is 4.52 Å². The summed E-state index contributed by atoms with van der Waals surface area (Å²) in [5.41, 5.74) is 0.429. The average molecular weight is 347 g/mol. The van der Waals surface area contributed by atoms with Crippen LogP contribution in [0.5, 0.6) is 0 Å². The van der Waals surface area contributed by atoms with Gasteiger partial charge < -0.3 is 14.5 Å². The minimum Gasteiger partial charge on any atom is -0.391 e. The SMILES string of the molecule is CCCc1cc(C(=O)N2C[C@H]3C[C@@H](N4CCCC4)[C@H](O)C[C@H]3C2)no1. The predicted octanol–water partition coefficient (Wildman–Crippen LogP) is 1.93. The first-order chi connectivity index (χ1) is 12.2. The van der Waals surface area contributed by atoms with Gasteiger partial charge in [0.2, 0.25) is 0 Å². The molecule has 2 saturated heterocycles. The van der Waals surface area contributed by atoms with Gasteiger partial charge in [0.05, 0.1) is 6.10 Å². The van der Waals surface area contributed by atoms with Gasteiger partial charge in [-0.25, -0.2) is 0 Å². The van der Waals surface area contributed by atoms with Crippen LogP contribution in [-0.4, -0.2) is 64.3 Å². The standard InChI is InChI=1S/C19H29N3O3/c1-2-5-15-10-16(20-25-15)19(24)22-11-13-8-17(21-6-3-4-7-21)18(23)9-14(13)12-22/h10,13-14,17-18,23H,2-9,11-12H2,1H3/t13-,14+,17-,18-/m1/s1. The normalized spacial score (nSPS) is 33.0. The molecule has 0 unspecified atom stereocenters. The van der Waals surface area contributed by atoms with Crippen LogP contribution in [0.15, 0.2) is 10.6 Å². The largest absolute Gasteiger partial charge is 0.391 e. The fraction of sp³-hybridized carbons (Fsp3) is 0.789. The molecule has 1 N–H and O–H groups in total. The Balaban J connectivity index is 1.40. The number of carbonyl (C=O) groups is 1. The first kappa shape index (κ1) is 17.0. The zero-order valence-electron chi connectivity index (χ0n) is 15.1. The summed E-state index contributed by atoms with van der Waals surface area (Å²) in [6.45, 7) is 5.83. The van der Waals surface area contributed by atoms with Crippen molar-refractivity contribution in [1.29, 1.82) is 0 Å². The molecule has 1 aliphatic carbocycles. The van der Waals surface area contributed by atoms with Crippen molar-refractivity contribution in [2.75, 3.05) is 26.2 Å². The minimum absolute atomic E-state index is 0.0206. The van der Waals surface area contributed by atoms with Crippen molar-refractivity contribution in [3.63, 3.8) is 0 Å². The lowest BCUT2D eigenvalue weighted by molar-refractivity contribution is -0.000865. The second-order valence-electron chi connectivity index (χ2n) is 8.01. The number of aliphatic hydroxyl groups is 1. The number of aliphatic hydroxyl groups excluding tert-OH is 1. The molecule has 1 saturated carbocycles. The van der Waals surface area contributed by atoms with Crippen LogP contribution in [0.3, 0.4) is 0 Å². The minimum atomic E-state index is -0.252.